The Kier molecular flexibility index (Phi) is 7.39. The largest absolute Gasteiger partial charge is 0.385 e. The van der Waals surface area contributed by atoms with Gasteiger partial charge in [0, 0.05) is 38.9 Å². The molecule has 0 heterocycles. The van der Waals surface area contributed by atoms with E-state index >= 15 is 0 Å². The summed E-state index contributed by atoms with van der Waals surface area (Å²) in [6.07, 6.45) is 0.612. The van der Waals surface area contributed by atoms with Crippen LogP contribution in [0.5, 0.6) is 0 Å². The molecule has 21 heavy (non-hydrogen) atoms. The van der Waals surface area contributed by atoms with Crippen LogP contribution in [0, 0.1) is 0 Å². The highest BCUT2D eigenvalue weighted by molar-refractivity contribution is 7.89. The highest BCUT2D eigenvalue weighted by Crippen LogP contribution is 2.30. The number of hydrogen-bond donors (Lipinski definition) is 1. The minimum Gasteiger partial charge on any atom is -0.385 e. The molecule has 0 aliphatic rings. The molecule has 0 saturated carbocycles. The highest BCUT2D eigenvalue weighted by atomic mass is 35.5. The van der Waals surface area contributed by atoms with E-state index in [0.29, 0.717) is 36.7 Å². The molecule has 0 spiro atoms. The van der Waals surface area contributed by atoms with Crippen molar-refractivity contribution >= 4 is 33.2 Å². The van der Waals surface area contributed by atoms with Crippen LogP contribution in [0.15, 0.2) is 17.0 Å². The fourth-order valence-corrected chi connectivity index (χ4v) is 3.86. The summed E-state index contributed by atoms with van der Waals surface area (Å²) < 4.78 is 31.3. The van der Waals surface area contributed by atoms with Crippen molar-refractivity contribution in [1.82, 2.24) is 9.62 Å². The van der Waals surface area contributed by atoms with E-state index in [-0.39, 0.29) is 9.92 Å². The van der Waals surface area contributed by atoms with Gasteiger partial charge in [0.05, 0.1) is 5.02 Å². The summed E-state index contributed by atoms with van der Waals surface area (Å²) in [7, 11) is 1.21. The van der Waals surface area contributed by atoms with Crippen LogP contribution in [0.1, 0.15) is 12.0 Å². The van der Waals surface area contributed by atoms with Gasteiger partial charge in [-0.2, -0.15) is 0 Å². The Hall–Kier alpha value is -0.370. The van der Waals surface area contributed by atoms with Crippen LogP contribution in [0.3, 0.4) is 0 Å². The molecular weight excluding hydrogens is 335 g/mol. The Morgan fingerprint density at radius 1 is 1.29 bits per heavy atom. The topological polar surface area (TPSA) is 58.6 Å². The molecule has 0 saturated heterocycles. The Morgan fingerprint density at radius 3 is 2.52 bits per heavy atom. The van der Waals surface area contributed by atoms with E-state index in [1.165, 1.54) is 23.5 Å². The molecule has 1 N–H and O–H groups in total. The Bertz CT molecular complexity index is 579. The number of ether oxygens (including phenoxy) is 1. The van der Waals surface area contributed by atoms with Gasteiger partial charge in [0.2, 0.25) is 10.0 Å². The minimum absolute atomic E-state index is 0.0683. The van der Waals surface area contributed by atoms with Crippen molar-refractivity contribution in [3.05, 3.63) is 27.7 Å². The standard InChI is InChI=1S/C13H20Cl2N2O3S/c1-16-9-10-7-13(12(15)8-11(10)14)21(18,19)17(2)5-4-6-20-3/h7-8,16H,4-6,9H2,1-3H3. The first-order valence-electron chi connectivity index (χ1n) is 6.42. The minimum atomic E-state index is -3.65. The van der Waals surface area contributed by atoms with E-state index < -0.39 is 10.0 Å². The summed E-state index contributed by atoms with van der Waals surface area (Å²) in [6.45, 7) is 1.32. The lowest BCUT2D eigenvalue weighted by molar-refractivity contribution is 0.189. The molecule has 1 rings (SSSR count). The molecule has 0 aliphatic carbocycles. The van der Waals surface area contributed by atoms with Crippen LogP contribution in [0.25, 0.3) is 0 Å². The molecule has 0 atom stereocenters. The lowest BCUT2D eigenvalue weighted by Gasteiger charge is -2.19. The van der Waals surface area contributed by atoms with Crippen molar-refractivity contribution in [2.24, 2.45) is 0 Å². The van der Waals surface area contributed by atoms with Crippen molar-refractivity contribution in [2.75, 3.05) is 34.4 Å². The van der Waals surface area contributed by atoms with Gasteiger partial charge in [0.1, 0.15) is 4.90 Å². The third-order valence-corrected chi connectivity index (χ3v) is 5.65. The quantitative estimate of drug-likeness (QED) is 0.728. The van der Waals surface area contributed by atoms with Crippen LogP contribution in [0.4, 0.5) is 0 Å². The molecule has 120 valence electrons. The third-order valence-electron chi connectivity index (χ3n) is 2.98. The van der Waals surface area contributed by atoms with Gasteiger partial charge in [-0.05, 0) is 31.2 Å². The molecule has 0 unspecified atom stereocenters. The summed E-state index contributed by atoms with van der Waals surface area (Å²) >= 11 is 12.1. The van der Waals surface area contributed by atoms with Crippen molar-refractivity contribution in [1.29, 1.82) is 0 Å². The smallest absolute Gasteiger partial charge is 0.244 e. The van der Waals surface area contributed by atoms with Crippen LogP contribution >= 0.6 is 23.2 Å². The summed E-state index contributed by atoms with van der Waals surface area (Å²) in [4.78, 5) is 0.0683. The molecule has 0 amide bonds. The van der Waals surface area contributed by atoms with E-state index in [2.05, 4.69) is 5.32 Å². The Morgan fingerprint density at radius 2 is 1.95 bits per heavy atom. The van der Waals surface area contributed by atoms with Crippen LogP contribution in [-0.4, -0.2) is 47.1 Å². The SMILES string of the molecule is CNCc1cc(S(=O)(=O)N(C)CCCOC)c(Cl)cc1Cl. The molecule has 0 fully saturated rings. The highest BCUT2D eigenvalue weighted by Gasteiger charge is 2.24. The third kappa shape index (κ3) is 4.81. The number of benzene rings is 1. The second-order valence-corrected chi connectivity index (χ2v) is 7.41. The fraction of sp³-hybridized carbons (Fsp3) is 0.538. The second kappa shape index (κ2) is 8.31. The predicted molar refractivity (Wildman–Crippen MR) is 85.5 cm³/mol. The first-order chi connectivity index (χ1) is 9.84. The van der Waals surface area contributed by atoms with E-state index in [4.69, 9.17) is 27.9 Å². The van der Waals surface area contributed by atoms with Crippen molar-refractivity contribution in [3.8, 4) is 0 Å². The number of methoxy groups -OCH3 is 1. The molecule has 8 heteroatoms. The molecule has 0 aromatic heterocycles. The van der Waals surface area contributed by atoms with Crippen molar-refractivity contribution in [2.45, 2.75) is 17.9 Å². The first-order valence-corrected chi connectivity index (χ1v) is 8.62. The maximum Gasteiger partial charge on any atom is 0.244 e. The van der Waals surface area contributed by atoms with E-state index in [1.54, 1.807) is 14.2 Å². The maximum atomic E-state index is 12.6. The zero-order valence-corrected chi connectivity index (χ0v) is 14.6. The molecule has 5 nitrogen and oxygen atoms in total. The number of rotatable bonds is 8. The Balaban J connectivity index is 3.09. The Labute approximate surface area is 136 Å². The maximum absolute atomic E-state index is 12.6. The number of sulfonamides is 1. The zero-order chi connectivity index (χ0) is 16.0. The predicted octanol–water partition coefficient (Wildman–Crippen LogP) is 2.37. The molecule has 0 radical (unpaired) electrons. The average molecular weight is 355 g/mol. The fourth-order valence-electron chi connectivity index (χ4n) is 1.81. The number of nitrogens with one attached hydrogen (secondary N) is 1. The van der Waals surface area contributed by atoms with Crippen molar-refractivity contribution in [3.63, 3.8) is 0 Å². The monoisotopic (exact) mass is 354 g/mol. The second-order valence-electron chi connectivity index (χ2n) is 4.58. The van der Waals surface area contributed by atoms with Gasteiger partial charge in [-0.15, -0.1) is 0 Å². The molecule has 0 bridgehead atoms. The molecule has 0 aliphatic heterocycles. The number of halogens is 2. The van der Waals surface area contributed by atoms with Gasteiger partial charge in [-0.3, -0.25) is 0 Å². The summed E-state index contributed by atoms with van der Waals surface area (Å²) in [5.41, 5.74) is 0.687. The van der Waals surface area contributed by atoms with Gasteiger partial charge in [0.15, 0.2) is 0 Å². The van der Waals surface area contributed by atoms with Crippen LogP contribution < -0.4 is 5.32 Å². The lowest BCUT2D eigenvalue weighted by Crippen LogP contribution is -2.29. The van der Waals surface area contributed by atoms with Crippen molar-refractivity contribution < 1.29 is 13.2 Å². The van der Waals surface area contributed by atoms with E-state index in [9.17, 15) is 8.42 Å². The van der Waals surface area contributed by atoms with Gasteiger partial charge in [-0.1, -0.05) is 23.2 Å². The molecule has 1 aromatic carbocycles. The average Bonchev–Trinajstić information content (AvgIpc) is 2.41. The lowest BCUT2D eigenvalue weighted by atomic mass is 10.2. The summed E-state index contributed by atoms with van der Waals surface area (Å²) in [5, 5.41) is 3.51. The van der Waals surface area contributed by atoms with Gasteiger partial charge < -0.3 is 10.1 Å². The van der Waals surface area contributed by atoms with Gasteiger partial charge in [0.25, 0.3) is 0 Å². The van der Waals surface area contributed by atoms with E-state index in [1.807, 2.05) is 0 Å². The van der Waals surface area contributed by atoms with E-state index in [0.717, 1.165) is 0 Å². The first kappa shape index (κ1) is 18.7. The molecule has 1 aromatic rings. The normalized spacial score (nSPS) is 12.1. The van der Waals surface area contributed by atoms with Crippen LogP contribution in [-0.2, 0) is 21.3 Å². The number of hydrogen-bond acceptors (Lipinski definition) is 4. The summed E-state index contributed by atoms with van der Waals surface area (Å²) in [6, 6.07) is 2.98. The zero-order valence-electron chi connectivity index (χ0n) is 12.3. The number of nitrogens with zero attached hydrogens (tertiary/aromatic N) is 1. The molecular formula is C13H20Cl2N2O3S. The summed E-state index contributed by atoms with van der Waals surface area (Å²) in [5.74, 6) is 0. The van der Waals surface area contributed by atoms with Gasteiger partial charge in [-0.25, -0.2) is 12.7 Å². The van der Waals surface area contributed by atoms with Gasteiger partial charge >= 0.3 is 0 Å². The van der Waals surface area contributed by atoms with Crippen LogP contribution in [0.2, 0.25) is 10.0 Å².